The molecule has 0 saturated carbocycles. The van der Waals surface area contributed by atoms with Gasteiger partial charge in [-0.3, -0.25) is 10.2 Å². The van der Waals surface area contributed by atoms with Crippen LogP contribution in [0.25, 0.3) is 0 Å². The van der Waals surface area contributed by atoms with Gasteiger partial charge in [0.15, 0.2) is 0 Å². The van der Waals surface area contributed by atoms with E-state index in [0.29, 0.717) is 0 Å². The monoisotopic (exact) mass is 298 g/mol. The lowest BCUT2D eigenvalue weighted by atomic mass is 9.95. The van der Waals surface area contributed by atoms with E-state index >= 15 is 0 Å². The van der Waals surface area contributed by atoms with E-state index < -0.39 is 5.60 Å². The van der Waals surface area contributed by atoms with Crippen LogP contribution in [-0.4, -0.2) is 16.1 Å². The van der Waals surface area contributed by atoms with Crippen LogP contribution in [0.4, 0.5) is 5.69 Å². The van der Waals surface area contributed by atoms with Gasteiger partial charge in [0.2, 0.25) is 5.60 Å². The molecule has 2 aromatic rings. The molecule has 1 saturated heterocycles. The Bertz CT molecular complexity index is 675. The third-order valence-corrected chi connectivity index (χ3v) is 3.69. The summed E-state index contributed by atoms with van der Waals surface area (Å²) in [6.07, 6.45) is 0. The highest BCUT2D eigenvalue weighted by molar-refractivity contribution is 7.80. The second-order valence-corrected chi connectivity index (χ2v) is 5.23. The first-order valence-electron chi connectivity index (χ1n) is 6.56. The number of nitrogens with one attached hydrogen (secondary N) is 1. The average Bonchev–Trinajstić information content (AvgIpc) is 2.74. The second kappa shape index (κ2) is 5.18. The number of para-hydroxylation sites is 1. The predicted octanol–water partition coefficient (Wildman–Crippen LogP) is 3.07. The Labute approximate surface area is 128 Å². The summed E-state index contributed by atoms with van der Waals surface area (Å²) in [7, 11) is 0. The predicted molar refractivity (Wildman–Crippen MR) is 84.4 cm³/mol. The topological polar surface area (TPSA) is 41.6 Å². The van der Waals surface area contributed by atoms with Crippen molar-refractivity contribution in [3.8, 4) is 0 Å². The molecule has 0 aliphatic carbocycles. The Morgan fingerprint density at radius 2 is 1.62 bits per heavy atom. The summed E-state index contributed by atoms with van der Waals surface area (Å²) >= 11 is 5.19. The highest BCUT2D eigenvalue weighted by Crippen LogP contribution is 2.34. The number of hydrazine groups is 1. The molecule has 1 N–H and O–H groups in total. The molecule has 21 heavy (non-hydrogen) atoms. The van der Waals surface area contributed by atoms with Crippen LogP contribution < -0.4 is 5.43 Å². The average molecular weight is 298 g/mol. The van der Waals surface area contributed by atoms with Crippen LogP contribution in [0.2, 0.25) is 0 Å². The fourth-order valence-corrected chi connectivity index (χ4v) is 2.53. The number of amides is 1. The summed E-state index contributed by atoms with van der Waals surface area (Å²) in [5.74, 6) is -0.234. The SMILES string of the molecule is CC1(c2ccccc2)OC(=S)N(Nc2ccccc2)C1=O. The maximum absolute atomic E-state index is 12.7. The van der Waals surface area contributed by atoms with Crippen LogP contribution in [0.3, 0.4) is 0 Å². The largest absolute Gasteiger partial charge is 0.448 e. The van der Waals surface area contributed by atoms with E-state index in [0.717, 1.165) is 11.3 Å². The molecule has 1 aliphatic heterocycles. The van der Waals surface area contributed by atoms with Crippen molar-refractivity contribution < 1.29 is 9.53 Å². The minimum Gasteiger partial charge on any atom is -0.448 e. The molecule has 1 fully saturated rings. The van der Waals surface area contributed by atoms with E-state index in [-0.39, 0.29) is 11.1 Å². The summed E-state index contributed by atoms with van der Waals surface area (Å²) in [6, 6.07) is 18.7. The van der Waals surface area contributed by atoms with Crippen LogP contribution in [0.1, 0.15) is 12.5 Å². The summed E-state index contributed by atoms with van der Waals surface area (Å²) in [5, 5.41) is 1.40. The van der Waals surface area contributed by atoms with Gasteiger partial charge in [-0.05, 0) is 31.3 Å². The molecule has 0 aromatic heterocycles. The highest BCUT2D eigenvalue weighted by Gasteiger charge is 2.50. The number of hydrogen-bond acceptors (Lipinski definition) is 4. The van der Waals surface area contributed by atoms with Crippen molar-refractivity contribution in [2.75, 3.05) is 5.43 Å². The minimum absolute atomic E-state index is 0.121. The fraction of sp³-hybridized carbons (Fsp3) is 0.125. The highest BCUT2D eigenvalue weighted by atomic mass is 32.1. The van der Waals surface area contributed by atoms with E-state index in [1.807, 2.05) is 60.7 Å². The van der Waals surface area contributed by atoms with Gasteiger partial charge in [0.1, 0.15) is 0 Å². The van der Waals surface area contributed by atoms with E-state index in [1.165, 1.54) is 5.01 Å². The van der Waals surface area contributed by atoms with Crippen LogP contribution in [0, 0.1) is 0 Å². The van der Waals surface area contributed by atoms with Gasteiger partial charge in [0.05, 0.1) is 5.69 Å². The van der Waals surface area contributed by atoms with Crippen LogP contribution in [0.5, 0.6) is 0 Å². The number of ether oxygens (including phenoxy) is 1. The quantitative estimate of drug-likeness (QED) is 0.884. The molecule has 1 atom stereocenters. The van der Waals surface area contributed by atoms with Crippen molar-refractivity contribution >= 4 is 29.0 Å². The molecule has 0 bridgehead atoms. The number of carbonyl (C=O) groups is 1. The number of hydrogen-bond donors (Lipinski definition) is 1. The standard InChI is InChI=1S/C16H14N2O2S/c1-16(12-8-4-2-5-9-12)14(19)18(15(21)20-16)17-13-10-6-3-7-11-13/h2-11,17H,1H3. The first kappa shape index (κ1) is 13.6. The maximum atomic E-state index is 12.7. The number of anilines is 1. The third-order valence-electron chi connectivity index (χ3n) is 3.42. The van der Waals surface area contributed by atoms with Gasteiger partial charge in [-0.2, -0.15) is 5.01 Å². The molecule has 4 nitrogen and oxygen atoms in total. The summed E-state index contributed by atoms with van der Waals surface area (Å²) in [6.45, 7) is 1.73. The number of nitrogens with zero attached hydrogens (tertiary/aromatic N) is 1. The first-order chi connectivity index (χ1) is 10.1. The second-order valence-electron chi connectivity index (χ2n) is 4.89. The molecular formula is C16H14N2O2S. The van der Waals surface area contributed by atoms with E-state index in [2.05, 4.69) is 5.43 Å². The van der Waals surface area contributed by atoms with Crippen LogP contribution >= 0.6 is 12.2 Å². The number of carbonyl (C=O) groups excluding carboxylic acids is 1. The van der Waals surface area contributed by atoms with Gasteiger partial charge in [-0.1, -0.05) is 48.5 Å². The molecule has 2 aromatic carbocycles. The van der Waals surface area contributed by atoms with Crippen molar-refractivity contribution in [1.82, 2.24) is 5.01 Å². The molecule has 3 rings (SSSR count). The van der Waals surface area contributed by atoms with Crippen LogP contribution in [0.15, 0.2) is 60.7 Å². The molecule has 1 unspecified atom stereocenters. The van der Waals surface area contributed by atoms with Gasteiger partial charge < -0.3 is 4.74 Å². The van der Waals surface area contributed by atoms with Crippen molar-refractivity contribution in [3.05, 3.63) is 66.2 Å². The summed E-state index contributed by atoms with van der Waals surface area (Å²) in [5.41, 5.74) is 3.43. The number of benzene rings is 2. The third kappa shape index (κ3) is 2.36. The van der Waals surface area contributed by atoms with E-state index in [9.17, 15) is 4.79 Å². The lowest BCUT2D eigenvalue weighted by Crippen LogP contribution is -2.39. The molecule has 1 heterocycles. The lowest BCUT2D eigenvalue weighted by molar-refractivity contribution is -0.135. The zero-order valence-electron chi connectivity index (χ0n) is 11.4. The molecule has 5 heteroatoms. The smallest absolute Gasteiger partial charge is 0.297 e. The Hall–Kier alpha value is -2.40. The molecule has 0 radical (unpaired) electrons. The Morgan fingerprint density at radius 1 is 1.05 bits per heavy atom. The van der Waals surface area contributed by atoms with Crippen molar-refractivity contribution in [2.24, 2.45) is 0 Å². The zero-order chi connectivity index (χ0) is 14.9. The van der Waals surface area contributed by atoms with Gasteiger partial charge in [-0.15, -0.1) is 0 Å². The van der Waals surface area contributed by atoms with Crippen LogP contribution in [-0.2, 0) is 15.1 Å². The molecule has 1 aliphatic rings. The van der Waals surface area contributed by atoms with Gasteiger partial charge in [0.25, 0.3) is 11.1 Å². The van der Waals surface area contributed by atoms with Gasteiger partial charge >= 0.3 is 0 Å². The van der Waals surface area contributed by atoms with Crippen molar-refractivity contribution in [2.45, 2.75) is 12.5 Å². The molecule has 106 valence electrons. The Morgan fingerprint density at radius 3 is 2.24 bits per heavy atom. The number of rotatable bonds is 3. The zero-order valence-corrected chi connectivity index (χ0v) is 12.3. The van der Waals surface area contributed by atoms with E-state index in [4.69, 9.17) is 17.0 Å². The molecular weight excluding hydrogens is 284 g/mol. The fourth-order valence-electron chi connectivity index (χ4n) is 2.24. The minimum atomic E-state index is -1.10. The molecule has 1 amide bonds. The van der Waals surface area contributed by atoms with Crippen molar-refractivity contribution in [1.29, 1.82) is 0 Å². The van der Waals surface area contributed by atoms with E-state index in [1.54, 1.807) is 6.92 Å². The lowest BCUT2D eigenvalue weighted by Gasteiger charge is -2.20. The summed E-state index contributed by atoms with van der Waals surface area (Å²) in [4.78, 5) is 12.7. The summed E-state index contributed by atoms with van der Waals surface area (Å²) < 4.78 is 5.68. The Balaban J connectivity index is 1.89. The normalized spacial score (nSPS) is 21.3. The molecule has 0 spiro atoms. The van der Waals surface area contributed by atoms with Crippen molar-refractivity contribution in [3.63, 3.8) is 0 Å². The van der Waals surface area contributed by atoms with Gasteiger partial charge in [0, 0.05) is 5.56 Å². The number of thiocarbonyl (C=S) groups is 1. The first-order valence-corrected chi connectivity index (χ1v) is 6.97. The van der Waals surface area contributed by atoms with Gasteiger partial charge in [-0.25, -0.2) is 0 Å². The maximum Gasteiger partial charge on any atom is 0.297 e. The Kier molecular flexibility index (Phi) is 3.35.